The van der Waals surface area contributed by atoms with Gasteiger partial charge in [0.15, 0.2) is 0 Å². The predicted octanol–water partition coefficient (Wildman–Crippen LogP) is 1.78. The minimum absolute atomic E-state index is 0.0840. The first-order valence-electron chi connectivity index (χ1n) is 6.27. The first-order valence-corrected chi connectivity index (χ1v) is 7.92. The van der Waals surface area contributed by atoms with E-state index >= 15 is 0 Å². The maximum atomic E-state index is 11.8. The zero-order valence-electron chi connectivity index (χ0n) is 11.6. The van der Waals surface area contributed by atoms with Crippen LogP contribution in [0.5, 0.6) is 5.75 Å². The van der Waals surface area contributed by atoms with Crippen molar-refractivity contribution in [3.63, 3.8) is 0 Å². The summed E-state index contributed by atoms with van der Waals surface area (Å²) < 4.78 is 35.7. The standard InChI is InChI=1S/C13H19NO5S/c1-3-19-12-8-6-11(7-9-12)14-20(16,17)10-4-5-13(15)18-2/h6-9,14H,3-5,10H2,1-2H3. The van der Waals surface area contributed by atoms with Gasteiger partial charge in [0, 0.05) is 12.1 Å². The molecule has 1 aromatic rings. The van der Waals surface area contributed by atoms with Crippen molar-refractivity contribution in [1.29, 1.82) is 0 Å². The number of sulfonamides is 1. The number of nitrogens with one attached hydrogen (secondary N) is 1. The van der Waals surface area contributed by atoms with Crippen molar-refractivity contribution in [3.8, 4) is 5.75 Å². The van der Waals surface area contributed by atoms with Gasteiger partial charge in [0.1, 0.15) is 5.75 Å². The largest absolute Gasteiger partial charge is 0.494 e. The highest BCUT2D eigenvalue weighted by Crippen LogP contribution is 2.17. The van der Waals surface area contributed by atoms with Crippen molar-refractivity contribution in [2.24, 2.45) is 0 Å². The Morgan fingerprint density at radius 2 is 1.90 bits per heavy atom. The highest BCUT2D eigenvalue weighted by Gasteiger charge is 2.12. The van der Waals surface area contributed by atoms with Crippen LogP contribution in [0, 0.1) is 0 Å². The highest BCUT2D eigenvalue weighted by atomic mass is 32.2. The minimum atomic E-state index is -3.46. The van der Waals surface area contributed by atoms with Crippen LogP contribution in [0.1, 0.15) is 19.8 Å². The fourth-order valence-electron chi connectivity index (χ4n) is 1.53. The molecule has 6 nitrogen and oxygen atoms in total. The summed E-state index contributed by atoms with van der Waals surface area (Å²) in [7, 11) is -2.19. The van der Waals surface area contributed by atoms with Gasteiger partial charge < -0.3 is 9.47 Å². The molecule has 0 bridgehead atoms. The Labute approximate surface area is 119 Å². The van der Waals surface area contributed by atoms with Gasteiger partial charge in [-0.1, -0.05) is 0 Å². The lowest BCUT2D eigenvalue weighted by Gasteiger charge is -2.08. The number of hydrogen-bond donors (Lipinski definition) is 1. The van der Waals surface area contributed by atoms with E-state index in [1.54, 1.807) is 24.3 Å². The maximum absolute atomic E-state index is 11.8. The molecule has 0 unspecified atom stereocenters. The van der Waals surface area contributed by atoms with Gasteiger partial charge in [-0.05, 0) is 37.6 Å². The smallest absolute Gasteiger partial charge is 0.305 e. The number of carbonyl (C=O) groups excluding carboxylic acids is 1. The van der Waals surface area contributed by atoms with E-state index in [1.165, 1.54) is 7.11 Å². The van der Waals surface area contributed by atoms with E-state index in [9.17, 15) is 13.2 Å². The van der Waals surface area contributed by atoms with Crippen LogP contribution < -0.4 is 9.46 Å². The fourth-order valence-corrected chi connectivity index (χ4v) is 2.65. The molecular formula is C13H19NO5S. The molecule has 0 spiro atoms. The number of rotatable bonds is 8. The summed E-state index contributed by atoms with van der Waals surface area (Å²) in [4.78, 5) is 10.9. The first-order chi connectivity index (χ1) is 9.46. The average molecular weight is 301 g/mol. The fraction of sp³-hybridized carbons (Fsp3) is 0.462. The molecule has 112 valence electrons. The molecule has 0 fully saturated rings. The third-order valence-electron chi connectivity index (χ3n) is 2.46. The Morgan fingerprint density at radius 1 is 1.25 bits per heavy atom. The van der Waals surface area contributed by atoms with Crippen molar-refractivity contribution < 1.29 is 22.7 Å². The SMILES string of the molecule is CCOc1ccc(NS(=O)(=O)CCCC(=O)OC)cc1. The molecule has 0 saturated carbocycles. The summed E-state index contributed by atoms with van der Waals surface area (Å²) in [6.07, 6.45) is 0.305. The average Bonchev–Trinajstić information content (AvgIpc) is 2.40. The van der Waals surface area contributed by atoms with Crippen molar-refractivity contribution in [1.82, 2.24) is 0 Å². The van der Waals surface area contributed by atoms with Gasteiger partial charge in [-0.25, -0.2) is 8.42 Å². The molecule has 1 rings (SSSR count). The van der Waals surface area contributed by atoms with Crippen LogP contribution in [0.2, 0.25) is 0 Å². The van der Waals surface area contributed by atoms with Crippen molar-refractivity contribution in [2.75, 3.05) is 24.2 Å². The molecular weight excluding hydrogens is 282 g/mol. The predicted molar refractivity (Wildman–Crippen MR) is 76.3 cm³/mol. The summed E-state index contributed by atoms with van der Waals surface area (Å²) >= 11 is 0. The van der Waals surface area contributed by atoms with Crippen LogP contribution in [0.4, 0.5) is 5.69 Å². The zero-order chi connectivity index (χ0) is 15.0. The van der Waals surface area contributed by atoms with E-state index in [4.69, 9.17) is 4.74 Å². The summed E-state index contributed by atoms with van der Waals surface area (Å²) in [6.45, 7) is 2.43. The minimum Gasteiger partial charge on any atom is -0.494 e. The molecule has 0 aliphatic heterocycles. The quantitative estimate of drug-likeness (QED) is 0.740. The van der Waals surface area contributed by atoms with Crippen LogP contribution in [0.3, 0.4) is 0 Å². The van der Waals surface area contributed by atoms with Crippen molar-refractivity contribution in [3.05, 3.63) is 24.3 Å². The van der Waals surface area contributed by atoms with Crippen LogP contribution in [0.15, 0.2) is 24.3 Å². The lowest BCUT2D eigenvalue weighted by Crippen LogP contribution is -2.17. The van der Waals surface area contributed by atoms with Crippen molar-refractivity contribution in [2.45, 2.75) is 19.8 Å². The van der Waals surface area contributed by atoms with Gasteiger partial charge >= 0.3 is 5.97 Å². The first kappa shape index (κ1) is 16.3. The molecule has 0 saturated heterocycles. The molecule has 0 heterocycles. The molecule has 7 heteroatoms. The van der Waals surface area contributed by atoms with Crippen LogP contribution in [-0.2, 0) is 19.6 Å². The Hall–Kier alpha value is -1.76. The number of anilines is 1. The molecule has 0 aliphatic carbocycles. The number of esters is 1. The Kier molecular flexibility index (Phi) is 6.30. The Balaban J connectivity index is 2.51. The highest BCUT2D eigenvalue weighted by molar-refractivity contribution is 7.92. The van der Waals surface area contributed by atoms with E-state index in [2.05, 4.69) is 9.46 Å². The molecule has 0 aromatic heterocycles. The third kappa shape index (κ3) is 5.92. The van der Waals surface area contributed by atoms with Gasteiger partial charge in [0.25, 0.3) is 0 Å². The monoisotopic (exact) mass is 301 g/mol. The van der Waals surface area contributed by atoms with Gasteiger partial charge in [-0.2, -0.15) is 0 Å². The van der Waals surface area contributed by atoms with E-state index < -0.39 is 16.0 Å². The van der Waals surface area contributed by atoms with E-state index in [0.29, 0.717) is 18.0 Å². The summed E-state index contributed by atoms with van der Waals surface area (Å²) in [6, 6.07) is 6.64. The van der Waals surface area contributed by atoms with Gasteiger partial charge in [0.2, 0.25) is 10.0 Å². The molecule has 1 aromatic carbocycles. The number of benzene rings is 1. The molecule has 0 radical (unpaired) electrons. The van der Waals surface area contributed by atoms with Gasteiger partial charge in [-0.15, -0.1) is 0 Å². The zero-order valence-corrected chi connectivity index (χ0v) is 12.4. The van der Waals surface area contributed by atoms with Gasteiger partial charge in [0.05, 0.1) is 19.5 Å². The number of carbonyl (C=O) groups is 1. The number of hydrogen-bond acceptors (Lipinski definition) is 5. The van der Waals surface area contributed by atoms with Crippen LogP contribution in [0.25, 0.3) is 0 Å². The Bertz CT molecular complexity index is 524. The van der Waals surface area contributed by atoms with E-state index in [1.807, 2.05) is 6.92 Å². The van der Waals surface area contributed by atoms with E-state index in [0.717, 1.165) is 0 Å². The summed E-state index contributed by atoms with van der Waals surface area (Å²) in [5.74, 6) is 0.136. The summed E-state index contributed by atoms with van der Waals surface area (Å²) in [5, 5.41) is 0. The van der Waals surface area contributed by atoms with Crippen LogP contribution >= 0.6 is 0 Å². The molecule has 1 N–H and O–H groups in total. The number of ether oxygens (including phenoxy) is 2. The molecule has 0 atom stereocenters. The van der Waals surface area contributed by atoms with Crippen molar-refractivity contribution >= 4 is 21.7 Å². The lowest BCUT2D eigenvalue weighted by molar-refractivity contribution is -0.140. The van der Waals surface area contributed by atoms with E-state index in [-0.39, 0.29) is 18.6 Å². The summed E-state index contributed by atoms with van der Waals surface area (Å²) in [5.41, 5.74) is 0.464. The topological polar surface area (TPSA) is 81.7 Å². The Morgan fingerprint density at radius 3 is 2.45 bits per heavy atom. The molecule has 0 aliphatic rings. The normalized spacial score (nSPS) is 10.9. The maximum Gasteiger partial charge on any atom is 0.305 e. The van der Waals surface area contributed by atoms with Crippen LogP contribution in [-0.4, -0.2) is 33.9 Å². The third-order valence-corrected chi connectivity index (χ3v) is 3.83. The lowest BCUT2D eigenvalue weighted by atomic mass is 10.3. The number of methoxy groups -OCH3 is 1. The molecule has 20 heavy (non-hydrogen) atoms. The van der Waals surface area contributed by atoms with Gasteiger partial charge in [-0.3, -0.25) is 9.52 Å². The second-order valence-electron chi connectivity index (χ2n) is 4.06. The molecule has 0 amide bonds. The second kappa shape index (κ2) is 7.74. The second-order valence-corrected chi connectivity index (χ2v) is 5.90.